The van der Waals surface area contributed by atoms with Crippen LogP contribution in [0.15, 0.2) is 51.7 Å². The van der Waals surface area contributed by atoms with Crippen molar-refractivity contribution in [3.8, 4) is 17.1 Å². The molecule has 0 spiro atoms. The number of hydrogen-bond acceptors (Lipinski definition) is 5. The number of benzene rings is 2. The largest absolute Gasteiger partial charge is 0.484 e. The van der Waals surface area contributed by atoms with Gasteiger partial charge in [-0.15, -0.1) is 0 Å². The zero-order valence-corrected chi connectivity index (χ0v) is 16.1. The molecular formula is C22H18BN3O4. The second-order valence-electron chi connectivity index (χ2n) is 7.51. The van der Waals surface area contributed by atoms with Gasteiger partial charge in [0.05, 0.1) is 0 Å². The van der Waals surface area contributed by atoms with Crippen LogP contribution in [0, 0.1) is 5.92 Å². The number of carbonyl (C=O) groups is 1. The van der Waals surface area contributed by atoms with E-state index in [1.165, 1.54) is 12.8 Å². The van der Waals surface area contributed by atoms with Gasteiger partial charge >= 0.3 is 0 Å². The Morgan fingerprint density at radius 3 is 2.97 bits per heavy atom. The van der Waals surface area contributed by atoms with Gasteiger partial charge in [0, 0.05) is 17.5 Å². The van der Waals surface area contributed by atoms with Gasteiger partial charge in [0.2, 0.25) is 5.58 Å². The Morgan fingerprint density at radius 1 is 1.27 bits per heavy atom. The fourth-order valence-corrected chi connectivity index (χ4v) is 3.32. The minimum absolute atomic E-state index is 0.0647. The molecule has 2 aromatic heterocycles. The van der Waals surface area contributed by atoms with Crippen molar-refractivity contribution in [3.63, 3.8) is 0 Å². The second-order valence-corrected chi connectivity index (χ2v) is 7.51. The number of nitrogens with one attached hydrogen (secondary N) is 2. The Kier molecular flexibility index (Phi) is 4.54. The highest BCUT2D eigenvalue weighted by Gasteiger charge is 2.21. The summed E-state index contributed by atoms with van der Waals surface area (Å²) < 4.78 is 11.2. The number of furan rings is 1. The molecule has 1 amide bonds. The number of rotatable bonds is 6. The maximum Gasteiger partial charge on any atom is 0.294 e. The van der Waals surface area contributed by atoms with Crippen LogP contribution in [-0.4, -0.2) is 36.9 Å². The summed E-state index contributed by atoms with van der Waals surface area (Å²) in [7, 11) is 5.88. The molecule has 1 aliphatic carbocycles. The van der Waals surface area contributed by atoms with Crippen LogP contribution in [0.4, 0.5) is 0 Å². The lowest BCUT2D eigenvalue weighted by Gasteiger charge is -2.08. The molecule has 7 nitrogen and oxygen atoms in total. The van der Waals surface area contributed by atoms with Crippen molar-refractivity contribution in [1.29, 1.82) is 0 Å². The Hall–Kier alpha value is -3.55. The van der Waals surface area contributed by atoms with Gasteiger partial charge < -0.3 is 19.5 Å². The summed E-state index contributed by atoms with van der Waals surface area (Å²) in [5.74, 6) is 1.35. The van der Waals surface area contributed by atoms with Crippen molar-refractivity contribution in [3.05, 3.63) is 52.8 Å². The predicted octanol–water partition coefficient (Wildman–Crippen LogP) is 2.04. The first-order valence-corrected chi connectivity index (χ1v) is 9.79. The molecule has 2 radical (unpaired) electrons. The smallest absolute Gasteiger partial charge is 0.294 e. The molecule has 0 bridgehead atoms. The van der Waals surface area contributed by atoms with E-state index in [9.17, 15) is 9.59 Å². The molecule has 1 aliphatic rings. The lowest BCUT2D eigenvalue weighted by atomic mass is 9.95. The van der Waals surface area contributed by atoms with E-state index in [1.54, 1.807) is 42.5 Å². The molecule has 2 aromatic carbocycles. The molecule has 0 unspecified atom stereocenters. The fraction of sp³-hybridized carbons (Fsp3) is 0.227. The molecule has 148 valence electrons. The van der Waals surface area contributed by atoms with Crippen molar-refractivity contribution in [2.45, 2.75) is 12.8 Å². The molecule has 1 fully saturated rings. The minimum atomic E-state index is -0.379. The van der Waals surface area contributed by atoms with Crippen molar-refractivity contribution < 1.29 is 13.9 Å². The number of ether oxygens (including phenoxy) is 1. The van der Waals surface area contributed by atoms with Crippen molar-refractivity contribution >= 4 is 41.3 Å². The van der Waals surface area contributed by atoms with Crippen molar-refractivity contribution in [1.82, 2.24) is 15.3 Å². The van der Waals surface area contributed by atoms with E-state index in [1.807, 2.05) is 0 Å². The van der Waals surface area contributed by atoms with Gasteiger partial charge in [0.15, 0.2) is 6.61 Å². The van der Waals surface area contributed by atoms with Crippen molar-refractivity contribution in [2.75, 3.05) is 13.2 Å². The third kappa shape index (κ3) is 3.68. The summed E-state index contributed by atoms with van der Waals surface area (Å²) in [4.78, 5) is 31.8. The van der Waals surface area contributed by atoms with Crippen molar-refractivity contribution in [2.24, 2.45) is 5.92 Å². The highest BCUT2D eigenvalue weighted by Crippen LogP contribution is 2.28. The molecule has 0 atom stereocenters. The Bertz CT molecular complexity index is 1320. The highest BCUT2D eigenvalue weighted by atomic mass is 16.5. The average Bonchev–Trinajstić information content (AvgIpc) is 3.51. The summed E-state index contributed by atoms with van der Waals surface area (Å²) in [5.41, 5.74) is 1.98. The first-order valence-electron chi connectivity index (χ1n) is 9.79. The number of hydrogen-bond donors (Lipinski definition) is 2. The summed E-state index contributed by atoms with van der Waals surface area (Å²) >= 11 is 0. The summed E-state index contributed by atoms with van der Waals surface area (Å²) in [6.07, 6.45) is 2.36. The molecule has 0 aliphatic heterocycles. The topological polar surface area (TPSA) is 97.2 Å². The Morgan fingerprint density at radius 2 is 2.13 bits per heavy atom. The third-order valence-corrected chi connectivity index (χ3v) is 5.11. The first kappa shape index (κ1) is 18.5. The van der Waals surface area contributed by atoms with Gasteiger partial charge in [-0.25, -0.2) is 4.98 Å². The van der Waals surface area contributed by atoms with Gasteiger partial charge in [-0.05, 0) is 37.0 Å². The van der Waals surface area contributed by atoms with Crippen LogP contribution in [0.3, 0.4) is 0 Å². The molecule has 2 N–H and O–H groups in total. The van der Waals surface area contributed by atoms with Crippen LogP contribution >= 0.6 is 0 Å². The van der Waals surface area contributed by atoms with E-state index in [4.69, 9.17) is 17.0 Å². The molecule has 4 aromatic rings. The lowest BCUT2D eigenvalue weighted by molar-refractivity contribution is -0.123. The number of amides is 1. The predicted molar refractivity (Wildman–Crippen MR) is 114 cm³/mol. The lowest BCUT2D eigenvalue weighted by Crippen LogP contribution is -2.30. The summed E-state index contributed by atoms with van der Waals surface area (Å²) in [6, 6.07) is 12.2. The first-order chi connectivity index (χ1) is 14.6. The average molecular weight is 399 g/mol. The van der Waals surface area contributed by atoms with E-state index in [0.29, 0.717) is 51.5 Å². The van der Waals surface area contributed by atoms with E-state index in [0.717, 1.165) is 0 Å². The number of fused-ring (bicyclic) bond motifs is 3. The maximum absolute atomic E-state index is 12.6. The number of aromatic nitrogens is 2. The standard InChI is InChI=1S/C22H18BN3O4/c23-14-6-7-17-16(9-14)19-20(30-17)22(28)26-21(25-19)13-2-1-3-15(8-13)29-11-18(27)24-10-12-4-5-12/h1-3,6-9,12H,4-5,10-11H2,(H,24,27)(H,25,26,28). The van der Waals surface area contributed by atoms with Gasteiger partial charge in [-0.1, -0.05) is 29.7 Å². The normalized spacial score (nSPS) is 13.6. The van der Waals surface area contributed by atoms with Crippen LogP contribution < -0.4 is 21.1 Å². The maximum atomic E-state index is 12.6. The van der Waals surface area contributed by atoms with Crippen LogP contribution in [-0.2, 0) is 4.79 Å². The minimum Gasteiger partial charge on any atom is -0.484 e. The Balaban J connectivity index is 1.42. The zero-order chi connectivity index (χ0) is 20.7. The molecule has 30 heavy (non-hydrogen) atoms. The van der Waals surface area contributed by atoms with Crippen LogP contribution in [0.2, 0.25) is 0 Å². The van der Waals surface area contributed by atoms with Gasteiger partial charge in [-0.3, -0.25) is 9.59 Å². The number of carbonyl (C=O) groups excluding carboxylic acids is 1. The van der Waals surface area contributed by atoms with E-state index in [2.05, 4.69) is 15.3 Å². The quantitative estimate of drug-likeness (QED) is 0.484. The SMILES string of the molecule is [B]c1ccc2oc3c(=O)[nH]c(-c4cccc(OCC(=O)NCC5CC5)c4)nc3c2c1. The highest BCUT2D eigenvalue weighted by molar-refractivity contribution is 6.33. The van der Waals surface area contributed by atoms with Crippen LogP contribution in [0.1, 0.15) is 12.8 Å². The second kappa shape index (κ2) is 7.37. The van der Waals surface area contributed by atoms with Crippen LogP contribution in [0.25, 0.3) is 33.5 Å². The monoisotopic (exact) mass is 399 g/mol. The number of H-pyrrole nitrogens is 1. The summed E-state index contributed by atoms with van der Waals surface area (Å²) in [5, 5.41) is 3.54. The zero-order valence-electron chi connectivity index (χ0n) is 16.1. The third-order valence-electron chi connectivity index (χ3n) is 5.11. The fourth-order valence-electron chi connectivity index (χ4n) is 3.32. The number of aromatic amines is 1. The van der Waals surface area contributed by atoms with Crippen LogP contribution in [0.5, 0.6) is 5.75 Å². The van der Waals surface area contributed by atoms with Gasteiger partial charge in [0.25, 0.3) is 11.5 Å². The molecular weight excluding hydrogens is 381 g/mol. The molecule has 8 heteroatoms. The van der Waals surface area contributed by atoms with E-state index >= 15 is 0 Å². The Labute approximate surface area is 172 Å². The summed E-state index contributed by atoms with van der Waals surface area (Å²) in [6.45, 7) is 0.640. The number of nitrogens with zero attached hydrogens (tertiary/aromatic N) is 1. The van der Waals surface area contributed by atoms with Gasteiger partial charge in [-0.2, -0.15) is 0 Å². The van der Waals surface area contributed by atoms with Gasteiger partial charge in [0.1, 0.15) is 30.5 Å². The van der Waals surface area contributed by atoms with E-state index < -0.39 is 0 Å². The molecule has 5 rings (SSSR count). The van der Waals surface area contributed by atoms with E-state index in [-0.39, 0.29) is 23.7 Å². The molecule has 1 saturated carbocycles. The molecule has 2 heterocycles. The molecule has 0 saturated heterocycles.